The number of benzene rings is 2. The fourth-order valence-corrected chi connectivity index (χ4v) is 4.38. The minimum absolute atomic E-state index is 0.365. The third-order valence-corrected chi connectivity index (χ3v) is 6.21. The van der Waals surface area contributed by atoms with E-state index >= 15 is 0 Å². The molecule has 0 N–H and O–H groups in total. The molecule has 23 heavy (non-hydrogen) atoms. The van der Waals surface area contributed by atoms with Crippen LogP contribution < -0.4 is 0 Å². The van der Waals surface area contributed by atoms with Crippen molar-refractivity contribution in [1.82, 2.24) is 4.31 Å². The topological polar surface area (TPSA) is 37.4 Å². The molecule has 0 radical (unpaired) electrons. The summed E-state index contributed by atoms with van der Waals surface area (Å²) in [6.07, 6.45) is 2.75. The maximum absolute atomic E-state index is 13.0. The molecule has 0 fully saturated rings. The standard InChI is InChI=1S/C19H21NO2S/c1-3-16-14-20(13-12-17-6-4-5-7-19(16)17)23(21,22)18-10-8-15(2)9-11-18/h3-11H,12-14H2,1-2H3. The summed E-state index contributed by atoms with van der Waals surface area (Å²) < 4.78 is 27.5. The van der Waals surface area contributed by atoms with E-state index in [1.807, 2.05) is 44.2 Å². The van der Waals surface area contributed by atoms with Crippen LogP contribution in [-0.4, -0.2) is 25.8 Å². The molecule has 0 spiro atoms. The van der Waals surface area contributed by atoms with Gasteiger partial charge in [-0.1, -0.05) is 48.0 Å². The molecule has 4 heteroatoms. The zero-order chi connectivity index (χ0) is 16.4. The summed E-state index contributed by atoms with van der Waals surface area (Å²) in [5.41, 5.74) is 4.49. The van der Waals surface area contributed by atoms with Gasteiger partial charge in [-0.05, 0) is 49.1 Å². The zero-order valence-corrected chi connectivity index (χ0v) is 14.3. The van der Waals surface area contributed by atoms with E-state index in [4.69, 9.17) is 0 Å². The fraction of sp³-hybridized carbons (Fsp3) is 0.263. The van der Waals surface area contributed by atoms with Gasteiger partial charge in [-0.25, -0.2) is 8.42 Å². The molecule has 1 heterocycles. The van der Waals surface area contributed by atoms with Crippen molar-refractivity contribution in [2.45, 2.75) is 25.2 Å². The van der Waals surface area contributed by atoms with Crippen LogP contribution in [0.25, 0.3) is 5.57 Å². The van der Waals surface area contributed by atoms with Crippen molar-refractivity contribution in [2.24, 2.45) is 0 Å². The lowest BCUT2D eigenvalue weighted by Crippen LogP contribution is -2.33. The van der Waals surface area contributed by atoms with Crippen LogP contribution in [0.4, 0.5) is 0 Å². The van der Waals surface area contributed by atoms with E-state index in [9.17, 15) is 8.42 Å². The van der Waals surface area contributed by atoms with Gasteiger partial charge in [0.15, 0.2) is 0 Å². The molecule has 0 aliphatic carbocycles. The smallest absolute Gasteiger partial charge is 0.207 e. The number of fused-ring (bicyclic) bond motifs is 1. The molecule has 2 aromatic carbocycles. The van der Waals surface area contributed by atoms with E-state index in [-0.39, 0.29) is 0 Å². The van der Waals surface area contributed by atoms with Crippen molar-refractivity contribution in [3.05, 3.63) is 71.3 Å². The highest BCUT2D eigenvalue weighted by Crippen LogP contribution is 2.28. The van der Waals surface area contributed by atoms with Gasteiger partial charge in [-0.3, -0.25) is 0 Å². The van der Waals surface area contributed by atoms with Crippen LogP contribution in [0.15, 0.2) is 59.5 Å². The highest BCUT2D eigenvalue weighted by atomic mass is 32.2. The number of sulfonamides is 1. The first-order valence-corrected chi connectivity index (χ1v) is 9.26. The monoisotopic (exact) mass is 327 g/mol. The normalized spacial score (nSPS) is 17.7. The second-order valence-electron chi connectivity index (χ2n) is 5.87. The Morgan fingerprint density at radius 1 is 1.04 bits per heavy atom. The second kappa shape index (κ2) is 6.30. The van der Waals surface area contributed by atoms with Crippen molar-refractivity contribution < 1.29 is 8.42 Å². The van der Waals surface area contributed by atoms with Gasteiger partial charge in [0.25, 0.3) is 0 Å². The Balaban J connectivity index is 1.98. The van der Waals surface area contributed by atoms with E-state index in [1.54, 1.807) is 16.4 Å². The fourth-order valence-electron chi connectivity index (χ4n) is 2.96. The van der Waals surface area contributed by atoms with E-state index < -0.39 is 10.0 Å². The molecule has 0 bridgehead atoms. The van der Waals surface area contributed by atoms with Gasteiger partial charge in [0, 0.05) is 13.1 Å². The largest absolute Gasteiger partial charge is 0.243 e. The lowest BCUT2D eigenvalue weighted by atomic mass is 9.99. The van der Waals surface area contributed by atoms with Gasteiger partial charge in [-0.15, -0.1) is 0 Å². The summed E-state index contributed by atoms with van der Waals surface area (Å²) in [6, 6.07) is 15.2. The number of rotatable bonds is 2. The van der Waals surface area contributed by atoms with Crippen molar-refractivity contribution in [3.8, 4) is 0 Å². The molecule has 0 atom stereocenters. The third kappa shape index (κ3) is 3.09. The number of nitrogens with zero attached hydrogens (tertiary/aromatic N) is 1. The van der Waals surface area contributed by atoms with Crippen LogP contribution in [-0.2, 0) is 16.4 Å². The molecule has 3 rings (SSSR count). The SMILES string of the molecule is CC=C1CN(S(=O)(=O)c2ccc(C)cc2)CCc2ccccc21. The second-order valence-corrected chi connectivity index (χ2v) is 7.81. The number of allylic oxidation sites excluding steroid dienone is 1. The van der Waals surface area contributed by atoms with E-state index in [0.717, 1.165) is 23.1 Å². The minimum Gasteiger partial charge on any atom is -0.207 e. The molecule has 0 unspecified atom stereocenters. The average Bonchev–Trinajstić information content (AvgIpc) is 2.75. The molecule has 2 aromatic rings. The Morgan fingerprint density at radius 3 is 2.43 bits per heavy atom. The predicted octanol–water partition coefficient (Wildman–Crippen LogP) is 3.65. The molecule has 1 aliphatic rings. The number of aryl methyl sites for hydroxylation is 1. The maximum atomic E-state index is 13.0. The molecule has 0 saturated carbocycles. The lowest BCUT2D eigenvalue weighted by Gasteiger charge is -2.21. The lowest BCUT2D eigenvalue weighted by molar-refractivity contribution is 0.453. The first-order chi connectivity index (χ1) is 11.0. The molecule has 0 aromatic heterocycles. The Hall–Kier alpha value is -1.91. The molecule has 0 saturated heterocycles. The van der Waals surface area contributed by atoms with E-state index in [0.29, 0.717) is 18.0 Å². The van der Waals surface area contributed by atoms with Gasteiger partial charge >= 0.3 is 0 Å². The summed E-state index contributed by atoms with van der Waals surface area (Å²) in [4.78, 5) is 0.365. The Kier molecular flexibility index (Phi) is 4.37. The Bertz CT molecular complexity index is 836. The zero-order valence-electron chi connectivity index (χ0n) is 13.5. The summed E-state index contributed by atoms with van der Waals surface area (Å²) in [7, 11) is -3.47. The highest BCUT2D eigenvalue weighted by molar-refractivity contribution is 7.89. The van der Waals surface area contributed by atoms with Crippen molar-refractivity contribution in [2.75, 3.05) is 13.1 Å². The van der Waals surface area contributed by atoms with Crippen LogP contribution in [0.3, 0.4) is 0 Å². The average molecular weight is 327 g/mol. The van der Waals surface area contributed by atoms with Crippen molar-refractivity contribution >= 4 is 15.6 Å². The maximum Gasteiger partial charge on any atom is 0.243 e. The van der Waals surface area contributed by atoms with E-state index in [1.165, 1.54) is 5.56 Å². The molecular formula is C19H21NO2S. The van der Waals surface area contributed by atoms with Gasteiger partial charge in [-0.2, -0.15) is 4.31 Å². The first kappa shape index (κ1) is 16.0. The Labute approximate surface area is 138 Å². The molecule has 1 aliphatic heterocycles. The van der Waals surface area contributed by atoms with Crippen LogP contribution in [0.1, 0.15) is 23.6 Å². The van der Waals surface area contributed by atoms with E-state index in [2.05, 4.69) is 12.1 Å². The van der Waals surface area contributed by atoms with Gasteiger partial charge in [0.1, 0.15) is 0 Å². The highest BCUT2D eigenvalue weighted by Gasteiger charge is 2.28. The van der Waals surface area contributed by atoms with Crippen molar-refractivity contribution in [3.63, 3.8) is 0 Å². The van der Waals surface area contributed by atoms with Crippen molar-refractivity contribution in [1.29, 1.82) is 0 Å². The van der Waals surface area contributed by atoms with Crippen LogP contribution in [0.2, 0.25) is 0 Å². The molecular weight excluding hydrogens is 306 g/mol. The summed E-state index contributed by atoms with van der Waals surface area (Å²) in [5.74, 6) is 0. The van der Waals surface area contributed by atoms with Crippen LogP contribution in [0, 0.1) is 6.92 Å². The number of hydrogen-bond donors (Lipinski definition) is 0. The van der Waals surface area contributed by atoms with Crippen LogP contribution in [0.5, 0.6) is 0 Å². The van der Waals surface area contributed by atoms with Crippen LogP contribution >= 0.6 is 0 Å². The molecule has 0 amide bonds. The minimum atomic E-state index is -3.47. The van der Waals surface area contributed by atoms with Gasteiger partial charge in [0.2, 0.25) is 10.0 Å². The summed E-state index contributed by atoms with van der Waals surface area (Å²) >= 11 is 0. The quantitative estimate of drug-likeness (QED) is 0.844. The van der Waals surface area contributed by atoms with Gasteiger partial charge < -0.3 is 0 Å². The summed E-state index contributed by atoms with van der Waals surface area (Å²) in [5, 5.41) is 0. The molecule has 120 valence electrons. The Morgan fingerprint density at radius 2 is 1.74 bits per heavy atom. The predicted molar refractivity (Wildman–Crippen MR) is 93.7 cm³/mol. The number of hydrogen-bond acceptors (Lipinski definition) is 2. The molecule has 3 nitrogen and oxygen atoms in total. The third-order valence-electron chi connectivity index (χ3n) is 4.35. The first-order valence-electron chi connectivity index (χ1n) is 7.82. The van der Waals surface area contributed by atoms with Gasteiger partial charge in [0.05, 0.1) is 4.90 Å². The summed E-state index contributed by atoms with van der Waals surface area (Å²) in [6.45, 7) is 4.85.